The number of anilines is 1. The summed E-state index contributed by atoms with van der Waals surface area (Å²) in [6, 6.07) is 12.4. The van der Waals surface area contributed by atoms with E-state index in [1.54, 1.807) is 49.4 Å². The predicted molar refractivity (Wildman–Crippen MR) is 102 cm³/mol. The lowest BCUT2D eigenvalue weighted by Gasteiger charge is -2.16. The lowest BCUT2D eigenvalue weighted by atomic mass is 10.2. The second-order valence-corrected chi connectivity index (χ2v) is 6.92. The van der Waals surface area contributed by atoms with Gasteiger partial charge in [-0.15, -0.1) is 0 Å². The average molecular weight is 373 g/mol. The van der Waals surface area contributed by atoms with Crippen LogP contribution in [0.25, 0.3) is 0 Å². The molecule has 0 spiro atoms. The Hall–Kier alpha value is -2.53. The molecule has 0 aliphatic heterocycles. The summed E-state index contributed by atoms with van der Waals surface area (Å²) in [4.78, 5) is 24.5. The number of benzene rings is 2. The smallest absolute Gasteiger partial charge is 0.265 e. The van der Waals surface area contributed by atoms with E-state index < -0.39 is 6.10 Å². The molecule has 0 saturated heterocycles. The van der Waals surface area contributed by atoms with Crippen molar-refractivity contribution in [1.82, 2.24) is 5.32 Å². The van der Waals surface area contributed by atoms with Gasteiger partial charge in [0.15, 0.2) is 6.10 Å². The van der Waals surface area contributed by atoms with Crippen molar-refractivity contribution in [3.05, 3.63) is 58.6 Å². The molecule has 0 aromatic heterocycles. The highest BCUT2D eigenvalue weighted by Crippen LogP contribution is 2.23. The normalized spacial score (nSPS) is 14.4. The fraction of sp³-hybridized carbons (Fsp3) is 0.300. The molecule has 2 aromatic carbocycles. The van der Waals surface area contributed by atoms with Crippen molar-refractivity contribution in [2.45, 2.75) is 38.8 Å². The summed E-state index contributed by atoms with van der Waals surface area (Å²) < 4.78 is 5.72. The van der Waals surface area contributed by atoms with Crippen LogP contribution in [0, 0.1) is 6.92 Å². The molecule has 2 amide bonds. The number of hydrogen-bond donors (Lipinski definition) is 2. The molecule has 0 radical (unpaired) electrons. The van der Waals surface area contributed by atoms with Crippen LogP contribution in [0.1, 0.15) is 35.7 Å². The van der Waals surface area contributed by atoms with Crippen molar-refractivity contribution >= 4 is 29.1 Å². The van der Waals surface area contributed by atoms with Crippen LogP contribution >= 0.6 is 11.6 Å². The predicted octanol–water partition coefficient (Wildman–Crippen LogP) is 3.95. The number of carbonyl (C=O) groups is 2. The minimum Gasteiger partial charge on any atom is -0.481 e. The summed E-state index contributed by atoms with van der Waals surface area (Å²) in [5.41, 5.74) is 1.94. The van der Waals surface area contributed by atoms with Crippen LogP contribution in [0.15, 0.2) is 42.5 Å². The quantitative estimate of drug-likeness (QED) is 0.806. The highest BCUT2D eigenvalue weighted by Gasteiger charge is 2.24. The molecule has 0 heterocycles. The molecule has 5 nitrogen and oxygen atoms in total. The Morgan fingerprint density at radius 3 is 2.65 bits per heavy atom. The average Bonchev–Trinajstić information content (AvgIpc) is 3.41. The molecule has 1 aliphatic rings. The van der Waals surface area contributed by atoms with E-state index in [2.05, 4.69) is 10.6 Å². The topological polar surface area (TPSA) is 67.4 Å². The Labute approximate surface area is 157 Å². The summed E-state index contributed by atoms with van der Waals surface area (Å²) in [7, 11) is 0. The van der Waals surface area contributed by atoms with Gasteiger partial charge in [0.05, 0.1) is 0 Å². The maximum absolute atomic E-state index is 12.4. The van der Waals surface area contributed by atoms with Crippen LogP contribution in [0.5, 0.6) is 5.75 Å². The van der Waals surface area contributed by atoms with Crippen molar-refractivity contribution < 1.29 is 14.3 Å². The zero-order chi connectivity index (χ0) is 18.7. The summed E-state index contributed by atoms with van der Waals surface area (Å²) in [5, 5.41) is 6.34. The van der Waals surface area contributed by atoms with Gasteiger partial charge < -0.3 is 15.4 Å². The van der Waals surface area contributed by atoms with Crippen molar-refractivity contribution in [2.75, 3.05) is 5.32 Å². The van der Waals surface area contributed by atoms with Gasteiger partial charge in [-0.3, -0.25) is 9.59 Å². The van der Waals surface area contributed by atoms with Gasteiger partial charge in [0.1, 0.15) is 5.75 Å². The Balaban J connectivity index is 1.62. The van der Waals surface area contributed by atoms with Crippen LogP contribution in [-0.4, -0.2) is 24.0 Å². The van der Waals surface area contributed by atoms with Gasteiger partial charge in [0.2, 0.25) is 0 Å². The van der Waals surface area contributed by atoms with Crippen molar-refractivity contribution in [1.29, 1.82) is 0 Å². The summed E-state index contributed by atoms with van der Waals surface area (Å²) >= 11 is 5.93. The van der Waals surface area contributed by atoms with E-state index in [1.807, 2.05) is 6.92 Å². The fourth-order valence-electron chi connectivity index (χ4n) is 2.47. The van der Waals surface area contributed by atoms with E-state index in [0.717, 1.165) is 18.4 Å². The minimum absolute atomic E-state index is 0.121. The lowest BCUT2D eigenvalue weighted by Crippen LogP contribution is -2.30. The van der Waals surface area contributed by atoms with E-state index in [0.29, 0.717) is 22.0 Å². The Morgan fingerprint density at radius 2 is 1.96 bits per heavy atom. The number of ether oxygens (including phenoxy) is 1. The molecule has 2 aromatic rings. The summed E-state index contributed by atoms with van der Waals surface area (Å²) in [5.74, 6) is 0.193. The van der Waals surface area contributed by atoms with Gasteiger partial charge in [0, 0.05) is 22.3 Å². The first-order valence-corrected chi connectivity index (χ1v) is 8.95. The summed E-state index contributed by atoms with van der Waals surface area (Å²) in [6.45, 7) is 3.54. The zero-order valence-corrected chi connectivity index (χ0v) is 15.5. The third-order valence-electron chi connectivity index (χ3n) is 4.11. The standard InChI is InChI=1S/C20H21ClN2O3/c1-12-10-15(21)6-9-18(12)26-13(2)19(24)23-17-5-3-4-14(11-17)20(25)22-16-7-8-16/h3-6,9-11,13,16H,7-8H2,1-2H3,(H,22,25)(H,23,24)/t13-/m0/s1. The van der Waals surface area contributed by atoms with Crippen molar-refractivity contribution in [2.24, 2.45) is 0 Å². The van der Waals surface area contributed by atoms with E-state index >= 15 is 0 Å². The third-order valence-corrected chi connectivity index (χ3v) is 4.35. The molecular formula is C20H21ClN2O3. The van der Waals surface area contributed by atoms with Crippen LogP contribution in [-0.2, 0) is 4.79 Å². The van der Waals surface area contributed by atoms with Crippen LogP contribution in [0.4, 0.5) is 5.69 Å². The highest BCUT2D eigenvalue weighted by atomic mass is 35.5. The molecule has 26 heavy (non-hydrogen) atoms. The van der Waals surface area contributed by atoms with Crippen LogP contribution in [0.3, 0.4) is 0 Å². The maximum Gasteiger partial charge on any atom is 0.265 e. The number of amides is 2. The molecule has 2 N–H and O–H groups in total. The molecular weight excluding hydrogens is 352 g/mol. The Bertz CT molecular complexity index is 834. The zero-order valence-electron chi connectivity index (χ0n) is 14.7. The second kappa shape index (κ2) is 7.79. The fourth-order valence-corrected chi connectivity index (χ4v) is 2.69. The first kappa shape index (κ1) is 18.3. The third kappa shape index (κ3) is 4.76. The van der Waals surface area contributed by atoms with Gasteiger partial charge in [0.25, 0.3) is 11.8 Å². The molecule has 6 heteroatoms. The number of hydrogen-bond acceptors (Lipinski definition) is 3. The number of aryl methyl sites for hydroxylation is 1. The molecule has 0 bridgehead atoms. The van der Waals surface area contributed by atoms with E-state index in [9.17, 15) is 9.59 Å². The van der Waals surface area contributed by atoms with Crippen LogP contribution < -0.4 is 15.4 Å². The molecule has 3 rings (SSSR count). The number of rotatable bonds is 6. The molecule has 1 atom stereocenters. The second-order valence-electron chi connectivity index (χ2n) is 6.49. The number of carbonyl (C=O) groups excluding carboxylic acids is 2. The largest absolute Gasteiger partial charge is 0.481 e. The lowest BCUT2D eigenvalue weighted by molar-refractivity contribution is -0.122. The Morgan fingerprint density at radius 1 is 1.19 bits per heavy atom. The van der Waals surface area contributed by atoms with Crippen molar-refractivity contribution in [3.63, 3.8) is 0 Å². The summed E-state index contributed by atoms with van der Waals surface area (Å²) in [6.07, 6.45) is 1.36. The van der Waals surface area contributed by atoms with Gasteiger partial charge in [-0.05, 0) is 68.7 Å². The molecule has 1 fully saturated rings. The SMILES string of the molecule is Cc1cc(Cl)ccc1O[C@@H](C)C(=O)Nc1cccc(C(=O)NC2CC2)c1. The van der Waals surface area contributed by atoms with Crippen molar-refractivity contribution in [3.8, 4) is 5.75 Å². The number of nitrogens with one attached hydrogen (secondary N) is 2. The first-order valence-electron chi connectivity index (χ1n) is 8.57. The number of halogens is 1. The van der Waals surface area contributed by atoms with Gasteiger partial charge >= 0.3 is 0 Å². The minimum atomic E-state index is -0.696. The van der Waals surface area contributed by atoms with Gasteiger partial charge in [-0.2, -0.15) is 0 Å². The monoisotopic (exact) mass is 372 g/mol. The highest BCUT2D eigenvalue weighted by molar-refractivity contribution is 6.30. The first-order chi connectivity index (χ1) is 12.4. The maximum atomic E-state index is 12.4. The van der Waals surface area contributed by atoms with Gasteiger partial charge in [-0.25, -0.2) is 0 Å². The molecule has 0 unspecified atom stereocenters. The van der Waals surface area contributed by atoms with E-state index in [1.165, 1.54) is 0 Å². The van der Waals surface area contributed by atoms with Gasteiger partial charge in [-0.1, -0.05) is 17.7 Å². The Kier molecular flexibility index (Phi) is 5.47. The molecule has 136 valence electrons. The molecule has 1 aliphatic carbocycles. The molecule has 1 saturated carbocycles. The van der Waals surface area contributed by atoms with E-state index in [-0.39, 0.29) is 17.9 Å². The van der Waals surface area contributed by atoms with E-state index in [4.69, 9.17) is 16.3 Å². The van der Waals surface area contributed by atoms with Crippen LogP contribution in [0.2, 0.25) is 5.02 Å².